The average molecular weight is 273 g/mol. The van der Waals surface area contributed by atoms with Gasteiger partial charge in [-0.1, -0.05) is 49.4 Å². The molecule has 0 aromatic heterocycles. The quantitative estimate of drug-likeness (QED) is 0.823. The van der Waals surface area contributed by atoms with Crippen molar-refractivity contribution in [2.75, 3.05) is 0 Å². The van der Waals surface area contributed by atoms with Gasteiger partial charge in [-0.15, -0.1) is 0 Å². The van der Waals surface area contributed by atoms with Gasteiger partial charge in [0.15, 0.2) is 0 Å². The molecule has 1 fully saturated rings. The minimum absolute atomic E-state index is 0.219. The number of hydrogen-bond acceptors (Lipinski definition) is 1. The van der Waals surface area contributed by atoms with Crippen LogP contribution in [0.5, 0.6) is 0 Å². The van der Waals surface area contributed by atoms with Crippen molar-refractivity contribution in [2.45, 2.75) is 71.3 Å². The molecule has 0 heterocycles. The van der Waals surface area contributed by atoms with Gasteiger partial charge in [-0.3, -0.25) is 4.79 Å². The maximum Gasteiger partial charge on any atom is 0.220 e. The van der Waals surface area contributed by atoms with Gasteiger partial charge in [0.25, 0.3) is 0 Å². The van der Waals surface area contributed by atoms with Crippen molar-refractivity contribution >= 4 is 5.91 Å². The van der Waals surface area contributed by atoms with Crippen LogP contribution in [0.4, 0.5) is 0 Å². The van der Waals surface area contributed by atoms with Crippen LogP contribution in [0.2, 0.25) is 0 Å². The smallest absolute Gasteiger partial charge is 0.220 e. The number of nitrogens with one attached hydrogen (secondary N) is 1. The molecule has 0 saturated heterocycles. The van der Waals surface area contributed by atoms with E-state index in [0.29, 0.717) is 12.5 Å². The standard InChI is InChI=1S/C18H27NO/c1-14-9-10-16(15(2)13-14)11-12-18(20)19-17-7-5-3-4-6-8-17/h9-10,13,17H,3-8,11-12H2,1-2H3,(H,19,20). The number of amides is 1. The molecule has 2 heteroatoms. The summed E-state index contributed by atoms with van der Waals surface area (Å²) in [4.78, 5) is 12.1. The summed E-state index contributed by atoms with van der Waals surface area (Å²) in [7, 11) is 0. The van der Waals surface area contributed by atoms with Gasteiger partial charge in [0, 0.05) is 12.5 Å². The van der Waals surface area contributed by atoms with Crippen molar-refractivity contribution in [3.05, 3.63) is 34.9 Å². The van der Waals surface area contributed by atoms with Crippen LogP contribution < -0.4 is 5.32 Å². The van der Waals surface area contributed by atoms with Crippen LogP contribution in [0.25, 0.3) is 0 Å². The molecule has 1 N–H and O–H groups in total. The zero-order valence-electron chi connectivity index (χ0n) is 12.9. The minimum atomic E-state index is 0.219. The predicted octanol–water partition coefficient (Wildman–Crippen LogP) is 4.08. The van der Waals surface area contributed by atoms with E-state index in [2.05, 4.69) is 37.4 Å². The SMILES string of the molecule is Cc1ccc(CCC(=O)NC2CCCCCC2)c(C)c1. The van der Waals surface area contributed by atoms with Crippen molar-refractivity contribution in [3.63, 3.8) is 0 Å². The third kappa shape index (κ3) is 4.66. The Morgan fingerprint density at radius 3 is 2.50 bits per heavy atom. The Labute approximate surface area is 123 Å². The summed E-state index contributed by atoms with van der Waals surface area (Å²) in [6.07, 6.45) is 8.98. The third-order valence-corrected chi connectivity index (χ3v) is 4.34. The molecular weight excluding hydrogens is 246 g/mol. The van der Waals surface area contributed by atoms with Gasteiger partial charge in [-0.05, 0) is 44.2 Å². The maximum absolute atomic E-state index is 12.1. The van der Waals surface area contributed by atoms with Crippen LogP contribution in [0.15, 0.2) is 18.2 Å². The molecular formula is C18H27NO. The lowest BCUT2D eigenvalue weighted by molar-refractivity contribution is -0.121. The molecule has 0 aliphatic heterocycles. The number of aryl methyl sites for hydroxylation is 3. The molecule has 1 aliphatic carbocycles. The maximum atomic E-state index is 12.1. The van der Waals surface area contributed by atoms with Gasteiger partial charge in [-0.25, -0.2) is 0 Å². The van der Waals surface area contributed by atoms with E-state index in [1.54, 1.807) is 0 Å². The van der Waals surface area contributed by atoms with Gasteiger partial charge in [-0.2, -0.15) is 0 Å². The topological polar surface area (TPSA) is 29.1 Å². The van der Waals surface area contributed by atoms with Crippen LogP contribution in [0.1, 0.15) is 61.6 Å². The summed E-state index contributed by atoms with van der Waals surface area (Å²) in [6, 6.07) is 6.90. The molecule has 1 aromatic rings. The minimum Gasteiger partial charge on any atom is -0.353 e. The lowest BCUT2D eigenvalue weighted by atomic mass is 10.0. The molecule has 0 atom stereocenters. The zero-order valence-corrected chi connectivity index (χ0v) is 12.9. The molecule has 2 rings (SSSR count). The van der Waals surface area contributed by atoms with Crippen LogP contribution >= 0.6 is 0 Å². The second kappa shape index (κ2) is 7.47. The average Bonchev–Trinajstić information content (AvgIpc) is 2.66. The summed E-state index contributed by atoms with van der Waals surface area (Å²) < 4.78 is 0. The number of hydrogen-bond donors (Lipinski definition) is 1. The highest BCUT2D eigenvalue weighted by Crippen LogP contribution is 2.17. The van der Waals surface area contributed by atoms with Crippen molar-refractivity contribution in [1.82, 2.24) is 5.32 Å². The van der Waals surface area contributed by atoms with E-state index in [-0.39, 0.29) is 5.91 Å². The van der Waals surface area contributed by atoms with E-state index in [1.807, 2.05) is 0 Å². The van der Waals surface area contributed by atoms with Gasteiger partial charge in [0.05, 0.1) is 0 Å². The Kier molecular flexibility index (Phi) is 5.63. The fourth-order valence-electron chi connectivity index (χ4n) is 3.10. The summed E-state index contributed by atoms with van der Waals surface area (Å²) in [5.41, 5.74) is 3.88. The molecule has 20 heavy (non-hydrogen) atoms. The van der Waals surface area contributed by atoms with Crippen LogP contribution in [-0.4, -0.2) is 11.9 Å². The molecule has 1 aromatic carbocycles. The van der Waals surface area contributed by atoms with Crippen molar-refractivity contribution in [1.29, 1.82) is 0 Å². The molecule has 2 nitrogen and oxygen atoms in total. The molecule has 0 radical (unpaired) electrons. The van der Waals surface area contributed by atoms with E-state index < -0.39 is 0 Å². The highest BCUT2D eigenvalue weighted by molar-refractivity contribution is 5.76. The van der Waals surface area contributed by atoms with Gasteiger partial charge >= 0.3 is 0 Å². The summed E-state index contributed by atoms with van der Waals surface area (Å²) in [5, 5.41) is 3.22. The number of benzene rings is 1. The third-order valence-electron chi connectivity index (χ3n) is 4.34. The van der Waals surface area contributed by atoms with E-state index in [0.717, 1.165) is 19.3 Å². The predicted molar refractivity (Wildman–Crippen MR) is 83.9 cm³/mol. The molecule has 0 bridgehead atoms. The first-order chi connectivity index (χ1) is 9.65. The normalized spacial score (nSPS) is 16.7. The Balaban J connectivity index is 1.79. The van der Waals surface area contributed by atoms with Crippen molar-refractivity contribution in [3.8, 4) is 0 Å². The zero-order chi connectivity index (χ0) is 14.4. The largest absolute Gasteiger partial charge is 0.353 e. The number of rotatable bonds is 4. The number of carbonyl (C=O) groups excluding carboxylic acids is 1. The molecule has 110 valence electrons. The number of carbonyl (C=O) groups is 1. The second-order valence-electron chi connectivity index (χ2n) is 6.19. The highest BCUT2D eigenvalue weighted by Gasteiger charge is 2.14. The summed E-state index contributed by atoms with van der Waals surface area (Å²) >= 11 is 0. The summed E-state index contributed by atoms with van der Waals surface area (Å²) in [5.74, 6) is 0.219. The molecule has 1 aliphatic rings. The van der Waals surface area contributed by atoms with E-state index in [1.165, 1.54) is 42.4 Å². The molecule has 1 saturated carbocycles. The molecule has 1 amide bonds. The lowest BCUT2D eigenvalue weighted by Gasteiger charge is -2.16. The molecule has 0 unspecified atom stereocenters. The first kappa shape index (κ1) is 15.1. The highest BCUT2D eigenvalue weighted by atomic mass is 16.1. The second-order valence-corrected chi connectivity index (χ2v) is 6.19. The monoisotopic (exact) mass is 273 g/mol. The Hall–Kier alpha value is -1.31. The van der Waals surface area contributed by atoms with Gasteiger partial charge in [0.1, 0.15) is 0 Å². The van der Waals surface area contributed by atoms with E-state index in [9.17, 15) is 4.79 Å². The van der Waals surface area contributed by atoms with Crippen LogP contribution in [0.3, 0.4) is 0 Å². The summed E-state index contributed by atoms with van der Waals surface area (Å²) in [6.45, 7) is 4.24. The van der Waals surface area contributed by atoms with Gasteiger partial charge in [0.2, 0.25) is 5.91 Å². The van der Waals surface area contributed by atoms with E-state index >= 15 is 0 Å². The fraction of sp³-hybridized carbons (Fsp3) is 0.611. The van der Waals surface area contributed by atoms with Crippen LogP contribution in [-0.2, 0) is 11.2 Å². The Morgan fingerprint density at radius 1 is 1.15 bits per heavy atom. The Bertz CT molecular complexity index is 445. The first-order valence-corrected chi connectivity index (χ1v) is 8.00. The van der Waals surface area contributed by atoms with Crippen molar-refractivity contribution < 1.29 is 4.79 Å². The lowest BCUT2D eigenvalue weighted by Crippen LogP contribution is -2.34. The van der Waals surface area contributed by atoms with Crippen LogP contribution in [0, 0.1) is 13.8 Å². The first-order valence-electron chi connectivity index (χ1n) is 8.00. The van der Waals surface area contributed by atoms with Crippen molar-refractivity contribution in [2.24, 2.45) is 0 Å². The Morgan fingerprint density at radius 2 is 1.85 bits per heavy atom. The van der Waals surface area contributed by atoms with E-state index in [4.69, 9.17) is 0 Å². The van der Waals surface area contributed by atoms with Gasteiger partial charge < -0.3 is 5.32 Å². The molecule has 0 spiro atoms. The fourth-order valence-corrected chi connectivity index (χ4v) is 3.10.